The Morgan fingerprint density at radius 2 is 1.80 bits per heavy atom. The van der Waals surface area contributed by atoms with E-state index in [1.165, 1.54) is 35.5 Å². The van der Waals surface area contributed by atoms with Crippen molar-refractivity contribution in [3.63, 3.8) is 0 Å². The largest absolute Gasteiger partial charge is 0.497 e. The third kappa shape index (κ3) is 3.36. The first-order valence-corrected chi connectivity index (χ1v) is 9.54. The molecule has 3 aromatic rings. The number of fused-ring (bicyclic) bond motifs is 1. The summed E-state index contributed by atoms with van der Waals surface area (Å²) < 4.78 is 11.3. The molecular weight excluding hydrogens is 376 g/mol. The van der Waals surface area contributed by atoms with Crippen LogP contribution in [0.15, 0.2) is 59.2 Å². The fourth-order valence-electron chi connectivity index (χ4n) is 3.58. The van der Waals surface area contributed by atoms with E-state index in [0.29, 0.717) is 0 Å². The van der Waals surface area contributed by atoms with Crippen LogP contribution in [0.2, 0.25) is 0 Å². The first-order chi connectivity index (χ1) is 12.2. The number of benzene rings is 2. The number of halogens is 1. The van der Waals surface area contributed by atoms with Crippen molar-refractivity contribution in [2.75, 3.05) is 7.11 Å². The Bertz CT molecular complexity index is 866. The van der Waals surface area contributed by atoms with Gasteiger partial charge in [-0.3, -0.25) is 0 Å². The first kappa shape index (κ1) is 16.4. The van der Waals surface area contributed by atoms with Crippen LogP contribution in [-0.2, 0) is 19.5 Å². The van der Waals surface area contributed by atoms with Crippen LogP contribution in [0.1, 0.15) is 24.2 Å². The standard InChI is InChI=1S/C21H22BrN2O/c1-25-19-11-7-17(8-12-19)20-15-23(21-4-2-3-13-24(20)21)14-16-5-9-18(22)10-6-16/h5-12,15H,2-4,13-14H2,1H3/q+1. The average molecular weight is 398 g/mol. The van der Waals surface area contributed by atoms with Crippen molar-refractivity contribution in [3.05, 3.63) is 70.6 Å². The summed E-state index contributed by atoms with van der Waals surface area (Å²) in [5.74, 6) is 2.33. The third-order valence-electron chi connectivity index (χ3n) is 4.90. The average Bonchev–Trinajstić information content (AvgIpc) is 3.02. The Morgan fingerprint density at radius 1 is 1.04 bits per heavy atom. The zero-order valence-electron chi connectivity index (χ0n) is 14.4. The topological polar surface area (TPSA) is 18.0 Å². The van der Waals surface area contributed by atoms with Crippen LogP contribution in [0.4, 0.5) is 0 Å². The molecule has 4 rings (SSSR count). The van der Waals surface area contributed by atoms with Crippen molar-refractivity contribution < 1.29 is 9.30 Å². The highest BCUT2D eigenvalue weighted by atomic mass is 79.9. The normalized spacial score (nSPS) is 13.5. The second kappa shape index (κ2) is 7.04. The van der Waals surface area contributed by atoms with Gasteiger partial charge < -0.3 is 4.74 Å². The maximum Gasteiger partial charge on any atom is 0.257 e. The lowest BCUT2D eigenvalue weighted by Crippen LogP contribution is -2.38. The molecule has 0 fully saturated rings. The predicted octanol–water partition coefficient (Wildman–Crippen LogP) is 4.60. The highest BCUT2D eigenvalue weighted by molar-refractivity contribution is 9.10. The van der Waals surface area contributed by atoms with Crippen molar-refractivity contribution in [2.24, 2.45) is 0 Å². The van der Waals surface area contributed by atoms with Crippen molar-refractivity contribution in [1.82, 2.24) is 4.57 Å². The van der Waals surface area contributed by atoms with Crippen molar-refractivity contribution in [3.8, 4) is 17.0 Å². The molecule has 0 N–H and O–H groups in total. The van der Waals surface area contributed by atoms with Crippen LogP contribution in [-0.4, -0.2) is 11.7 Å². The molecule has 4 heteroatoms. The van der Waals surface area contributed by atoms with Gasteiger partial charge in [-0.15, -0.1) is 0 Å². The van der Waals surface area contributed by atoms with E-state index in [-0.39, 0.29) is 0 Å². The lowest BCUT2D eigenvalue weighted by molar-refractivity contribution is -0.695. The summed E-state index contributed by atoms with van der Waals surface area (Å²) in [5, 5.41) is 0. The number of hydrogen-bond donors (Lipinski definition) is 0. The molecule has 0 unspecified atom stereocenters. The van der Waals surface area contributed by atoms with Crippen LogP contribution in [0.25, 0.3) is 11.3 Å². The highest BCUT2D eigenvalue weighted by Gasteiger charge is 2.26. The van der Waals surface area contributed by atoms with Gasteiger partial charge in [0.05, 0.1) is 13.7 Å². The van der Waals surface area contributed by atoms with E-state index in [9.17, 15) is 0 Å². The maximum atomic E-state index is 5.30. The molecule has 3 nitrogen and oxygen atoms in total. The van der Waals surface area contributed by atoms with Crippen molar-refractivity contribution in [2.45, 2.75) is 32.4 Å². The molecule has 25 heavy (non-hydrogen) atoms. The van der Waals surface area contributed by atoms with Crippen LogP contribution < -0.4 is 9.30 Å². The van der Waals surface area contributed by atoms with Gasteiger partial charge in [0.2, 0.25) is 0 Å². The number of ether oxygens (including phenoxy) is 1. The van der Waals surface area contributed by atoms with Gasteiger partial charge in [-0.25, -0.2) is 9.13 Å². The van der Waals surface area contributed by atoms with Gasteiger partial charge in [0.1, 0.15) is 18.5 Å². The van der Waals surface area contributed by atoms with Gasteiger partial charge in [-0.05, 0) is 54.8 Å². The molecule has 0 saturated carbocycles. The summed E-state index contributed by atoms with van der Waals surface area (Å²) in [7, 11) is 1.71. The molecule has 2 heterocycles. The molecular formula is C21H22BrN2O+. The minimum absolute atomic E-state index is 0.900. The van der Waals surface area contributed by atoms with Crippen LogP contribution >= 0.6 is 15.9 Å². The molecule has 0 saturated heterocycles. The fraction of sp³-hybridized carbons (Fsp3) is 0.286. The van der Waals surface area contributed by atoms with E-state index in [1.807, 2.05) is 12.1 Å². The molecule has 1 aromatic heterocycles. The molecule has 0 bridgehead atoms. The molecule has 0 amide bonds. The second-order valence-electron chi connectivity index (χ2n) is 6.52. The van der Waals surface area contributed by atoms with Crippen molar-refractivity contribution >= 4 is 15.9 Å². The number of imidazole rings is 1. The quantitative estimate of drug-likeness (QED) is 0.588. The summed E-state index contributed by atoms with van der Waals surface area (Å²) in [6.07, 6.45) is 5.98. The maximum absolute atomic E-state index is 5.30. The predicted molar refractivity (Wildman–Crippen MR) is 103 cm³/mol. The Balaban J connectivity index is 1.72. The SMILES string of the molecule is COc1ccc(-c2c[n+](Cc3ccc(Br)cc3)c3n2CCCC3)cc1. The monoisotopic (exact) mass is 397 g/mol. The van der Waals surface area contributed by atoms with Gasteiger partial charge in [0.25, 0.3) is 5.82 Å². The minimum atomic E-state index is 0.900. The number of hydrogen-bond acceptors (Lipinski definition) is 1. The van der Waals surface area contributed by atoms with E-state index in [2.05, 4.69) is 67.7 Å². The molecule has 2 aromatic carbocycles. The molecule has 128 valence electrons. The molecule has 0 spiro atoms. The number of aromatic nitrogens is 2. The third-order valence-corrected chi connectivity index (χ3v) is 5.42. The highest BCUT2D eigenvalue weighted by Crippen LogP contribution is 2.26. The van der Waals surface area contributed by atoms with E-state index < -0.39 is 0 Å². The molecule has 0 radical (unpaired) electrons. The Kier molecular flexibility index (Phi) is 4.62. The summed E-state index contributed by atoms with van der Waals surface area (Å²) in [4.78, 5) is 0. The van der Waals surface area contributed by atoms with Gasteiger partial charge in [0.15, 0.2) is 5.69 Å². The van der Waals surface area contributed by atoms with Crippen LogP contribution in [0.5, 0.6) is 5.75 Å². The molecule has 1 aliphatic heterocycles. The minimum Gasteiger partial charge on any atom is -0.497 e. The zero-order valence-corrected chi connectivity index (χ0v) is 16.0. The van der Waals surface area contributed by atoms with Gasteiger partial charge in [-0.1, -0.05) is 28.1 Å². The number of rotatable bonds is 4. The van der Waals surface area contributed by atoms with Gasteiger partial charge >= 0.3 is 0 Å². The fourth-order valence-corrected chi connectivity index (χ4v) is 3.85. The number of methoxy groups -OCH3 is 1. The van der Waals surface area contributed by atoms with Gasteiger partial charge in [0, 0.05) is 16.5 Å². The number of nitrogens with zero attached hydrogens (tertiary/aromatic N) is 2. The van der Waals surface area contributed by atoms with E-state index >= 15 is 0 Å². The lowest BCUT2D eigenvalue weighted by Gasteiger charge is -2.11. The smallest absolute Gasteiger partial charge is 0.257 e. The van der Waals surface area contributed by atoms with Crippen LogP contribution in [0.3, 0.4) is 0 Å². The molecule has 1 aliphatic rings. The van der Waals surface area contributed by atoms with E-state index in [1.54, 1.807) is 7.11 Å². The van der Waals surface area contributed by atoms with Crippen molar-refractivity contribution in [1.29, 1.82) is 0 Å². The Labute approximate surface area is 157 Å². The molecule has 0 atom stereocenters. The zero-order chi connectivity index (χ0) is 17.2. The van der Waals surface area contributed by atoms with E-state index in [0.717, 1.165) is 29.7 Å². The summed E-state index contributed by atoms with van der Waals surface area (Å²) in [6, 6.07) is 17.0. The summed E-state index contributed by atoms with van der Waals surface area (Å²) in [5.41, 5.74) is 3.88. The van der Waals surface area contributed by atoms with E-state index in [4.69, 9.17) is 4.74 Å². The van der Waals surface area contributed by atoms with Gasteiger partial charge in [-0.2, -0.15) is 0 Å². The first-order valence-electron chi connectivity index (χ1n) is 8.75. The summed E-state index contributed by atoms with van der Waals surface area (Å²) in [6.45, 7) is 2.02. The Morgan fingerprint density at radius 3 is 2.52 bits per heavy atom. The molecule has 0 aliphatic carbocycles. The lowest BCUT2D eigenvalue weighted by atomic mass is 10.1. The second-order valence-corrected chi connectivity index (χ2v) is 7.44. The van der Waals surface area contributed by atoms with Crippen LogP contribution in [0, 0.1) is 0 Å². The Hall–Kier alpha value is -2.07. The summed E-state index contributed by atoms with van der Waals surface area (Å²) >= 11 is 3.52.